The second-order valence-corrected chi connectivity index (χ2v) is 5.14. The Kier molecular flexibility index (Phi) is 4.11. The average Bonchev–Trinajstić information content (AvgIpc) is 2.55. The highest BCUT2D eigenvalue weighted by Crippen LogP contribution is 2.38. The maximum absolute atomic E-state index is 6.06. The van der Waals surface area contributed by atoms with Gasteiger partial charge in [0.2, 0.25) is 6.29 Å². The van der Waals surface area contributed by atoms with Gasteiger partial charge < -0.3 is 14.2 Å². The van der Waals surface area contributed by atoms with Crippen LogP contribution in [0.4, 0.5) is 0 Å². The third kappa shape index (κ3) is 2.88. The van der Waals surface area contributed by atoms with E-state index in [1.54, 1.807) is 7.11 Å². The summed E-state index contributed by atoms with van der Waals surface area (Å²) in [5.41, 5.74) is 2.41. The Morgan fingerprint density at radius 2 is 1.95 bits per heavy atom. The summed E-state index contributed by atoms with van der Waals surface area (Å²) in [5, 5.41) is 0. The average molecular weight is 284 g/mol. The van der Waals surface area contributed by atoms with Gasteiger partial charge in [0, 0.05) is 6.61 Å². The SMILES string of the molecule is CCO[C@H]1Oc2ccc(OC)cc2C[C@@H]1c1ccccc1. The minimum Gasteiger partial charge on any atom is -0.497 e. The first-order valence-electron chi connectivity index (χ1n) is 7.32. The predicted octanol–water partition coefficient (Wildman–Crippen LogP) is 3.78. The van der Waals surface area contributed by atoms with E-state index in [-0.39, 0.29) is 12.2 Å². The van der Waals surface area contributed by atoms with E-state index in [1.165, 1.54) is 11.1 Å². The lowest BCUT2D eigenvalue weighted by atomic mass is 9.89. The lowest BCUT2D eigenvalue weighted by molar-refractivity contribution is -0.0995. The summed E-state index contributed by atoms with van der Waals surface area (Å²) in [7, 11) is 1.68. The van der Waals surface area contributed by atoms with Gasteiger partial charge in [-0.2, -0.15) is 0 Å². The zero-order valence-corrected chi connectivity index (χ0v) is 12.4. The van der Waals surface area contributed by atoms with Crippen LogP contribution in [-0.2, 0) is 11.2 Å². The smallest absolute Gasteiger partial charge is 0.207 e. The predicted molar refractivity (Wildman–Crippen MR) is 81.9 cm³/mol. The van der Waals surface area contributed by atoms with Crippen LogP contribution in [0, 0.1) is 0 Å². The molecule has 2 aromatic rings. The van der Waals surface area contributed by atoms with Gasteiger partial charge in [0.05, 0.1) is 13.0 Å². The van der Waals surface area contributed by atoms with E-state index in [0.717, 1.165) is 17.9 Å². The molecule has 0 fully saturated rings. The molecule has 0 N–H and O–H groups in total. The van der Waals surface area contributed by atoms with Gasteiger partial charge >= 0.3 is 0 Å². The fraction of sp³-hybridized carbons (Fsp3) is 0.333. The van der Waals surface area contributed by atoms with Crippen LogP contribution < -0.4 is 9.47 Å². The fourth-order valence-corrected chi connectivity index (χ4v) is 2.79. The minimum absolute atomic E-state index is 0.200. The Labute approximate surface area is 125 Å². The number of ether oxygens (including phenoxy) is 3. The molecule has 110 valence electrons. The standard InChI is InChI=1S/C18H20O3/c1-3-20-18-16(13-7-5-4-6-8-13)12-14-11-15(19-2)9-10-17(14)21-18/h4-11,16,18H,3,12H2,1-2H3/t16-,18+/m1/s1. The Balaban J connectivity index is 1.94. The van der Waals surface area contributed by atoms with Gasteiger partial charge in [-0.25, -0.2) is 0 Å². The molecule has 0 unspecified atom stereocenters. The number of fused-ring (bicyclic) bond motifs is 1. The van der Waals surface area contributed by atoms with Crippen LogP contribution in [0.25, 0.3) is 0 Å². The van der Waals surface area contributed by atoms with E-state index in [0.29, 0.717) is 6.61 Å². The zero-order valence-electron chi connectivity index (χ0n) is 12.4. The van der Waals surface area contributed by atoms with Crippen LogP contribution >= 0.6 is 0 Å². The van der Waals surface area contributed by atoms with Crippen molar-refractivity contribution >= 4 is 0 Å². The van der Waals surface area contributed by atoms with Crippen molar-refractivity contribution in [3.63, 3.8) is 0 Å². The monoisotopic (exact) mass is 284 g/mol. The highest BCUT2D eigenvalue weighted by atomic mass is 16.7. The van der Waals surface area contributed by atoms with E-state index in [1.807, 2.05) is 31.2 Å². The summed E-state index contributed by atoms with van der Waals surface area (Å²) in [5.74, 6) is 1.95. The molecule has 1 aliphatic heterocycles. The second kappa shape index (κ2) is 6.19. The Morgan fingerprint density at radius 1 is 1.14 bits per heavy atom. The first-order valence-corrected chi connectivity index (χ1v) is 7.32. The van der Waals surface area contributed by atoms with Gasteiger partial charge in [0.15, 0.2) is 0 Å². The Hall–Kier alpha value is -2.00. The highest BCUT2D eigenvalue weighted by Gasteiger charge is 2.31. The van der Waals surface area contributed by atoms with Crippen molar-refractivity contribution in [1.29, 1.82) is 0 Å². The molecule has 0 saturated heterocycles. The fourth-order valence-electron chi connectivity index (χ4n) is 2.79. The van der Waals surface area contributed by atoms with Gasteiger partial charge in [0.1, 0.15) is 11.5 Å². The zero-order chi connectivity index (χ0) is 14.7. The summed E-state index contributed by atoms with van der Waals surface area (Å²) in [4.78, 5) is 0. The number of methoxy groups -OCH3 is 1. The lowest BCUT2D eigenvalue weighted by Crippen LogP contribution is -2.33. The maximum atomic E-state index is 6.06. The molecular formula is C18H20O3. The number of hydrogen-bond acceptors (Lipinski definition) is 3. The molecule has 0 aromatic heterocycles. The molecule has 0 aliphatic carbocycles. The van der Waals surface area contributed by atoms with E-state index < -0.39 is 0 Å². The number of rotatable bonds is 4. The summed E-state index contributed by atoms with van der Waals surface area (Å²) in [6, 6.07) is 16.3. The molecule has 0 bridgehead atoms. The molecule has 0 amide bonds. The summed E-state index contributed by atoms with van der Waals surface area (Å²) < 4.78 is 17.2. The van der Waals surface area contributed by atoms with E-state index >= 15 is 0 Å². The van der Waals surface area contributed by atoms with Crippen molar-refractivity contribution in [1.82, 2.24) is 0 Å². The molecule has 0 radical (unpaired) electrons. The summed E-state index contributed by atoms with van der Waals surface area (Å²) in [6.45, 7) is 2.63. The van der Waals surface area contributed by atoms with Gasteiger partial charge in [-0.3, -0.25) is 0 Å². The molecule has 0 saturated carbocycles. The minimum atomic E-state index is -0.238. The molecule has 21 heavy (non-hydrogen) atoms. The van der Waals surface area contributed by atoms with Gasteiger partial charge in [-0.05, 0) is 42.7 Å². The lowest BCUT2D eigenvalue weighted by Gasteiger charge is -2.33. The summed E-state index contributed by atoms with van der Waals surface area (Å²) >= 11 is 0. The van der Waals surface area contributed by atoms with E-state index in [4.69, 9.17) is 14.2 Å². The van der Waals surface area contributed by atoms with Crippen molar-refractivity contribution in [3.05, 3.63) is 59.7 Å². The third-order valence-electron chi connectivity index (χ3n) is 3.84. The molecule has 2 aromatic carbocycles. The molecule has 3 heteroatoms. The van der Waals surface area contributed by atoms with Crippen LogP contribution in [0.1, 0.15) is 24.0 Å². The number of benzene rings is 2. The molecule has 1 heterocycles. The molecular weight excluding hydrogens is 264 g/mol. The van der Waals surface area contributed by atoms with Gasteiger partial charge in [-0.1, -0.05) is 30.3 Å². The third-order valence-corrected chi connectivity index (χ3v) is 3.84. The van der Waals surface area contributed by atoms with E-state index in [9.17, 15) is 0 Å². The van der Waals surface area contributed by atoms with Crippen molar-refractivity contribution in [2.24, 2.45) is 0 Å². The molecule has 3 rings (SSSR count). The van der Waals surface area contributed by atoms with E-state index in [2.05, 4.69) is 24.3 Å². The quantitative estimate of drug-likeness (QED) is 0.855. The topological polar surface area (TPSA) is 27.7 Å². The first kappa shape index (κ1) is 14.0. The van der Waals surface area contributed by atoms with Crippen LogP contribution in [0.2, 0.25) is 0 Å². The largest absolute Gasteiger partial charge is 0.497 e. The van der Waals surface area contributed by atoms with Crippen LogP contribution in [0.15, 0.2) is 48.5 Å². The Bertz CT molecular complexity index is 595. The molecule has 0 spiro atoms. The normalized spacial score (nSPS) is 20.5. The highest BCUT2D eigenvalue weighted by molar-refractivity contribution is 5.43. The Morgan fingerprint density at radius 3 is 2.67 bits per heavy atom. The van der Waals surface area contributed by atoms with Crippen LogP contribution in [-0.4, -0.2) is 20.0 Å². The molecule has 1 aliphatic rings. The maximum Gasteiger partial charge on any atom is 0.207 e. The first-order chi connectivity index (χ1) is 10.3. The molecule has 2 atom stereocenters. The molecule has 3 nitrogen and oxygen atoms in total. The summed E-state index contributed by atoms with van der Waals surface area (Å²) in [6.07, 6.45) is 0.652. The second-order valence-electron chi connectivity index (χ2n) is 5.14. The van der Waals surface area contributed by atoms with Crippen LogP contribution in [0.3, 0.4) is 0 Å². The van der Waals surface area contributed by atoms with Gasteiger partial charge in [0.25, 0.3) is 0 Å². The van der Waals surface area contributed by atoms with Crippen molar-refractivity contribution in [3.8, 4) is 11.5 Å². The van der Waals surface area contributed by atoms with Crippen molar-refractivity contribution in [2.45, 2.75) is 25.6 Å². The number of hydrogen-bond donors (Lipinski definition) is 0. The van der Waals surface area contributed by atoms with Gasteiger partial charge in [-0.15, -0.1) is 0 Å². The van der Waals surface area contributed by atoms with Crippen LogP contribution in [0.5, 0.6) is 11.5 Å². The van der Waals surface area contributed by atoms with Crippen molar-refractivity contribution in [2.75, 3.05) is 13.7 Å². The van der Waals surface area contributed by atoms with Crippen molar-refractivity contribution < 1.29 is 14.2 Å².